The maximum Gasteiger partial charge on any atom is 0.256 e. The van der Waals surface area contributed by atoms with Gasteiger partial charge in [0, 0.05) is 48.5 Å². The molecule has 0 aliphatic carbocycles. The number of amides is 1. The summed E-state index contributed by atoms with van der Waals surface area (Å²) in [6.45, 7) is 4.20. The lowest BCUT2D eigenvalue weighted by Crippen LogP contribution is -2.39. The summed E-state index contributed by atoms with van der Waals surface area (Å²) in [5.74, 6) is 0.621. The van der Waals surface area contributed by atoms with E-state index in [0.717, 1.165) is 62.1 Å². The van der Waals surface area contributed by atoms with Crippen LogP contribution in [0.15, 0.2) is 30.5 Å². The number of fused-ring (bicyclic) bond motifs is 1. The van der Waals surface area contributed by atoms with E-state index in [4.69, 9.17) is 27.4 Å². The van der Waals surface area contributed by atoms with Crippen LogP contribution in [0.2, 0.25) is 5.02 Å². The molecule has 2 aliphatic rings. The van der Waals surface area contributed by atoms with Crippen LogP contribution in [0, 0.1) is 6.92 Å². The van der Waals surface area contributed by atoms with Gasteiger partial charge in [-0.05, 0) is 50.8 Å². The van der Waals surface area contributed by atoms with Crippen molar-refractivity contribution >= 4 is 44.7 Å². The number of nitrogens with two attached hydrogens (primary N) is 1. The van der Waals surface area contributed by atoms with Gasteiger partial charge in [-0.2, -0.15) is 5.10 Å². The normalized spacial score (nSPS) is 20.8. The van der Waals surface area contributed by atoms with Crippen molar-refractivity contribution in [2.75, 3.05) is 35.5 Å². The minimum Gasteiger partial charge on any atom is -0.355 e. The topological polar surface area (TPSA) is 126 Å². The molecule has 1 aromatic carbocycles. The summed E-state index contributed by atoms with van der Waals surface area (Å²) in [4.78, 5) is 22.6. The zero-order valence-corrected chi connectivity index (χ0v) is 21.9. The molecule has 5 rings (SSSR count). The predicted molar refractivity (Wildman–Crippen MR) is 140 cm³/mol. The highest BCUT2D eigenvalue weighted by molar-refractivity contribution is 7.92. The highest BCUT2D eigenvalue weighted by Crippen LogP contribution is 2.34. The van der Waals surface area contributed by atoms with Crippen molar-refractivity contribution in [1.29, 1.82) is 0 Å². The maximum atomic E-state index is 13.7. The van der Waals surface area contributed by atoms with Crippen LogP contribution in [0.5, 0.6) is 0 Å². The molecule has 2 aliphatic heterocycles. The third-order valence-electron chi connectivity index (χ3n) is 6.76. The SMILES string of the molecule is Cc1cn2nc([C@@H]3CCCCN3C(=O)c3cc(Cl)ccc3NS(C)(=O)=O)cc2nc1N1CCC(N)C1. The van der Waals surface area contributed by atoms with Crippen molar-refractivity contribution in [2.24, 2.45) is 5.73 Å². The molecular weight excluding hydrogens is 502 g/mol. The van der Waals surface area contributed by atoms with Gasteiger partial charge in [0.1, 0.15) is 5.82 Å². The van der Waals surface area contributed by atoms with E-state index in [2.05, 4.69) is 9.62 Å². The van der Waals surface area contributed by atoms with E-state index >= 15 is 0 Å². The van der Waals surface area contributed by atoms with Gasteiger partial charge < -0.3 is 15.5 Å². The summed E-state index contributed by atoms with van der Waals surface area (Å²) < 4.78 is 28.0. The number of aromatic nitrogens is 3. The molecule has 192 valence electrons. The highest BCUT2D eigenvalue weighted by Gasteiger charge is 2.32. The van der Waals surface area contributed by atoms with Gasteiger partial charge in [0.2, 0.25) is 10.0 Å². The highest BCUT2D eigenvalue weighted by atomic mass is 35.5. The van der Waals surface area contributed by atoms with Gasteiger partial charge in [-0.1, -0.05) is 11.6 Å². The summed E-state index contributed by atoms with van der Waals surface area (Å²) >= 11 is 6.19. The number of hydrogen-bond acceptors (Lipinski definition) is 7. The van der Waals surface area contributed by atoms with Gasteiger partial charge in [0.15, 0.2) is 5.65 Å². The largest absolute Gasteiger partial charge is 0.355 e. The van der Waals surface area contributed by atoms with Crippen molar-refractivity contribution in [3.05, 3.63) is 52.3 Å². The van der Waals surface area contributed by atoms with Crippen molar-refractivity contribution in [2.45, 2.75) is 44.7 Å². The van der Waals surface area contributed by atoms with E-state index in [1.807, 2.05) is 19.2 Å². The molecule has 0 radical (unpaired) electrons. The lowest BCUT2D eigenvalue weighted by atomic mass is 9.98. The number of aryl methyl sites for hydroxylation is 1. The first-order valence-electron chi connectivity index (χ1n) is 12.0. The molecule has 1 unspecified atom stereocenters. The molecule has 2 aromatic heterocycles. The van der Waals surface area contributed by atoms with Crippen LogP contribution in [0.3, 0.4) is 0 Å². The van der Waals surface area contributed by atoms with Crippen LogP contribution in [-0.4, -0.2) is 65.8 Å². The van der Waals surface area contributed by atoms with Gasteiger partial charge >= 0.3 is 0 Å². The second-order valence-corrected chi connectivity index (χ2v) is 11.9. The number of halogens is 1. The average Bonchev–Trinajstić information content (AvgIpc) is 3.44. The van der Waals surface area contributed by atoms with E-state index in [1.165, 1.54) is 12.1 Å². The van der Waals surface area contributed by atoms with Crippen molar-refractivity contribution in [3.8, 4) is 0 Å². The Kier molecular flexibility index (Phi) is 6.56. The van der Waals surface area contributed by atoms with E-state index in [1.54, 1.807) is 15.5 Å². The first-order valence-corrected chi connectivity index (χ1v) is 14.3. The Morgan fingerprint density at radius 3 is 2.72 bits per heavy atom. The number of sulfonamides is 1. The Labute approximate surface area is 215 Å². The third kappa shape index (κ3) is 5.00. The van der Waals surface area contributed by atoms with Crippen molar-refractivity contribution < 1.29 is 13.2 Å². The molecular formula is C24H30ClN7O3S. The Morgan fingerprint density at radius 1 is 1.19 bits per heavy atom. The molecule has 36 heavy (non-hydrogen) atoms. The van der Waals surface area contributed by atoms with Crippen LogP contribution in [0.1, 0.15) is 53.3 Å². The van der Waals surface area contributed by atoms with E-state index in [0.29, 0.717) is 17.2 Å². The minimum absolute atomic E-state index is 0.151. The Morgan fingerprint density at radius 2 is 2.00 bits per heavy atom. The summed E-state index contributed by atoms with van der Waals surface area (Å²) in [5.41, 5.74) is 9.00. The molecule has 2 atom stereocenters. The zero-order valence-electron chi connectivity index (χ0n) is 20.3. The number of hydrogen-bond donors (Lipinski definition) is 2. The summed E-state index contributed by atoms with van der Waals surface area (Å²) in [7, 11) is -3.58. The number of carbonyl (C=O) groups is 1. The van der Waals surface area contributed by atoms with Gasteiger partial charge in [-0.3, -0.25) is 9.52 Å². The quantitative estimate of drug-likeness (QED) is 0.518. The minimum atomic E-state index is -3.58. The average molecular weight is 532 g/mol. The van der Waals surface area contributed by atoms with Crippen LogP contribution in [0.4, 0.5) is 11.5 Å². The lowest BCUT2D eigenvalue weighted by Gasteiger charge is -2.35. The van der Waals surface area contributed by atoms with Crippen LogP contribution >= 0.6 is 11.6 Å². The monoisotopic (exact) mass is 531 g/mol. The molecule has 0 saturated carbocycles. The molecule has 4 heterocycles. The van der Waals surface area contributed by atoms with E-state index in [-0.39, 0.29) is 29.2 Å². The summed E-state index contributed by atoms with van der Waals surface area (Å²) in [5, 5.41) is 5.14. The molecule has 2 fully saturated rings. The van der Waals surface area contributed by atoms with Gasteiger partial charge in [-0.25, -0.2) is 17.9 Å². The second kappa shape index (κ2) is 9.53. The maximum absolute atomic E-state index is 13.7. The summed E-state index contributed by atoms with van der Waals surface area (Å²) in [6.07, 6.45) is 6.51. The number of nitrogens with zero attached hydrogens (tertiary/aromatic N) is 5. The number of carbonyl (C=O) groups excluding carboxylic acids is 1. The predicted octanol–water partition coefficient (Wildman–Crippen LogP) is 2.97. The fourth-order valence-electron chi connectivity index (χ4n) is 5.10. The fourth-order valence-corrected chi connectivity index (χ4v) is 5.85. The van der Waals surface area contributed by atoms with E-state index in [9.17, 15) is 13.2 Å². The molecule has 0 bridgehead atoms. The van der Waals surface area contributed by atoms with Crippen molar-refractivity contribution in [3.63, 3.8) is 0 Å². The molecule has 3 N–H and O–H groups in total. The molecule has 3 aromatic rings. The van der Waals surface area contributed by atoms with Crippen LogP contribution < -0.4 is 15.4 Å². The molecule has 2 saturated heterocycles. The lowest BCUT2D eigenvalue weighted by molar-refractivity contribution is 0.0607. The number of nitrogens with one attached hydrogen (secondary N) is 1. The standard InChI is InChI=1S/C24H30ClN7O3S/c1-15-13-32-22(27-23(15)30-10-8-17(26)14-30)12-20(28-32)21-5-3-4-9-31(21)24(33)18-11-16(25)6-7-19(18)29-36(2,34)35/h6-7,11-13,17,21,29H,3-5,8-10,14,26H2,1-2H3/t17?,21-/m0/s1. The first-order chi connectivity index (χ1) is 17.1. The number of piperidine rings is 1. The number of benzene rings is 1. The fraction of sp³-hybridized carbons (Fsp3) is 0.458. The molecule has 12 heteroatoms. The third-order valence-corrected chi connectivity index (χ3v) is 7.59. The Hall–Kier alpha value is -2.89. The van der Waals surface area contributed by atoms with Gasteiger partial charge in [0.25, 0.3) is 5.91 Å². The van der Waals surface area contributed by atoms with Crippen LogP contribution in [0.25, 0.3) is 5.65 Å². The van der Waals surface area contributed by atoms with Gasteiger partial charge in [-0.15, -0.1) is 0 Å². The van der Waals surface area contributed by atoms with Gasteiger partial charge in [0.05, 0.1) is 29.2 Å². The van der Waals surface area contributed by atoms with Crippen molar-refractivity contribution in [1.82, 2.24) is 19.5 Å². The van der Waals surface area contributed by atoms with Crippen LogP contribution in [-0.2, 0) is 10.0 Å². The molecule has 10 nitrogen and oxygen atoms in total. The number of anilines is 2. The van der Waals surface area contributed by atoms with E-state index < -0.39 is 10.0 Å². The zero-order chi connectivity index (χ0) is 25.6. The summed E-state index contributed by atoms with van der Waals surface area (Å²) in [6, 6.07) is 6.40. The second-order valence-electron chi connectivity index (χ2n) is 9.69. The Bertz CT molecular complexity index is 1420. The molecule has 0 spiro atoms. The Balaban J connectivity index is 1.49. The first kappa shape index (κ1) is 24.8. The number of likely N-dealkylation sites (tertiary alicyclic amines) is 1. The number of rotatable bonds is 5. The smallest absolute Gasteiger partial charge is 0.256 e. The molecule has 1 amide bonds.